The first-order chi connectivity index (χ1) is 13.3. The van der Waals surface area contributed by atoms with Gasteiger partial charge in [-0.2, -0.15) is 0 Å². The maximum atomic E-state index is 6.01. The molecule has 0 fully saturated rings. The van der Waals surface area contributed by atoms with Crippen LogP contribution in [0.4, 0.5) is 11.4 Å². The number of hydrogen-bond acceptors (Lipinski definition) is 3. The SMILES string of the molecule is c1ccc2c(c1)oc1cc(Nc3ccc4sc5ccccc5c4c3)ccc12. The van der Waals surface area contributed by atoms with Gasteiger partial charge in [0.2, 0.25) is 0 Å². The number of para-hydroxylation sites is 1. The molecule has 0 saturated carbocycles. The standard InChI is InChI=1S/C24H15NOS/c1-3-7-21-17(5-1)18-11-9-16(14-22(18)26-21)25-15-10-12-24-20(13-15)19-6-2-4-8-23(19)27-24/h1-14,25H. The van der Waals surface area contributed by atoms with Crippen LogP contribution < -0.4 is 5.32 Å². The monoisotopic (exact) mass is 365 g/mol. The predicted octanol–water partition coefficient (Wildman–Crippen LogP) is 7.70. The van der Waals surface area contributed by atoms with Gasteiger partial charge in [-0.15, -0.1) is 11.3 Å². The molecule has 2 nitrogen and oxygen atoms in total. The molecule has 0 aliphatic heterocycles. The van der Waals surface area contributed by atoms with Crippen molar-refractivity contribution in [3.63, 3.8) is 0 Å². The van der Waals surface area contributed by atoms with Crippen molar-refractivity contribution in [1.29, 1.82) is 0 Å². The average molecular weight is 365 g/mol. The number of rotatable bonds is 2. The minimum atomic E-state index is 0.906. The Hall–Kier alpha value is -3.30. The van der Waals surface area contributed by atoms with Crippen molar-refractivity contribution in [3.8, 4) is 0 Å². The van der Waals surface area contributed by atoms with Crippen LogP contribution in [0.15, 0.2) is 89.3 Å². The maximum absolute atomic E-state index is 6.01. The molecule has 0 amide bonds. The van der Waals surface area contributed by atoms with Gasteiger partial charge < -0.3 is 9.73 Å². The molecule has 3 heteroatoms. The van der Waals surface area contributed by atoms with E-state index in [2.05, 4.69) is 72.0 Å². The van der Waals surface area contributed by atoms with Crippen molar-refractivity contribution < 1.29 is 4.42 Å². The first-order valence-electron chi connectivity index (χ1n) is 8.95. The maximum Gasteiger partial charge on any atom is 0.137 e. The van der Waals surface area contributed by atoms with E-state index in [9.17, 15) is 0 Å². The summed E-state index contributed by atoms with van der Waals surface area (Å²) in [4.78, 5) is 0. The highest BCUT2D eigenvalue weighted by atomic mass is 32.1. The smallest absolute Gasteiger partial charge is 0.137 e. The molecule has 0 radical (unpaired) electrons. The lowest BCUT2D eigenvalue weighted by atomic mass is 10.1. The Bertz CT molecular complexity index is 1460. The molecule has 0 aliphatic carbocycles. The number of anilines is 2. The quantitative estimate of drug-likeness (QED) is 0.340. The van der Waals surface area contributed by atoms with Crippen LogP contribution in [0.3, 0.4) is 0 Å². The third kappa shape index (κ3) is 2.32. The third-order valence-corrected chi connectivity index (χ3v) is 6.20. The second-order valence-corrected chi connectivity index (χ2v) is 7.83. The van der Waals surface area contributed by atoms with Crippen molar-refractivity contribution >= 4 is 64.8 Å². The van der Waals surface area contributed by atoms with Gasteiger partial charge >= 0.3 is 0 Å². The predicted molar refractivity (Wildman–Crippen MR) is 116 cm³/mol. The summed E-state index contributed by atoms with van der Waals surface area (Å²) in [6.45, 7) is 0. The van der Waals surface area contributed by atoms with E-state index in [1.54, 1.807) is 0 Å². The second kappa shape index (κ2) is 5.60. The van der Waals surface area contributed by atoms with Crippen LogP contribution in [0.25, 0.3) is 42.1 Å². The van der Waals surface area contributed by atoms with Crippen molar-refractivity contribution in [1.82, 2.24) is 0 Å². The van der Waals surface area contributed by atoms with E-state index in [0.717, 1.165) is 33.3 Å². The molecule has 1 N–H and O–H groups in total. The van der Waals surface area contributed by atoms with Gasteiger partial charge in [0.15, 0.2) is 0 Å². The zero-order valence-corrected chi connectivity index (χ0v) is 15.2. The van der Waals surface area contributed by atoms with E-state index in [-0.39, 0.29) is 0 Å². The summed E-state index contributed by atoms with van der Waals surface area (Å²) in [7, 11) is 0. The zero-order valence-electron chi connectivity index (χ0n) is 14.4. The minimum Gasteiger partial charge on any atom is -0.456 e. The second-order valence-electron chi connectivity index (χ2n) is 6.74. The molecule has 27 heavy (non-hydrogen) atoms. The normalized spacial score (nSPS) is 11.7. The molecule has 0 atom stereocenters. The molecule has 4 aromatic carbocycles. The number of thiophene rings is 1. The number of nitrogens with one attached hydrogen (secondary N) is 1. The summed E-state index contributed by atoms with van der Waals surface area (Å²) in [5.74, 6) is 0. The first kappa shape index (κ1) is 14.8. The van der Waals surface area contributed by atoms with Crippen LogP contribution >= 0.6 is 11.3 Å². The molecule has 0 spiro atoms. The van der Waals surface area contributed by atoms with Gasteiger partial charge in [0.1, 0.15) is 11.2 Å². The molecular weight excluding hydrogens is 350 g/mol. The van der Waals surface area contributed by atoms with Gasteiger partial charge in [0.05, 0.1) is 0 Å². The number of benzene rings is 4. The largest absolute Gasteiger partial charge is 0.456 e. The molecule has 6 aromatic rings. The van der Waals surface area contributed by atoms with Crippen LogP contribution in [0.2, 0.25) is 0 Å². The Morgan fingerprint density at radius 1 is 0.556 bits per heavy atom. The Balaban J connectivity index is 1.44. The Kier molecular flexibility index (Phi) is 3.07. The molecular formula is C24H15NOS. The van der Waals surface area contributed by atoms with Crippen LogP contribution in [0, 0.1) is 0 Å². The summed E-state index contributed by atoms with van der Waals surface area (Å²) in [5.41, 5.74) is 3.95. The van der Waals surface area contributed by atoms with Crippen molar-refractivity contribution in [2.75, 3.05) is 5.32 Å². The van der Waals surface area contributed by atoms with Gasteiger partial charge in [-0.05, 0) is 42.5 Å². The zero-order chi connectivity index (χ0) is 17.8. The van der Waals surface area contributed by atoms with Gasteiger partial charge in [-0.25, -0.2) is 0 Å². The van der Waals surface area contributed by atoms with Gasteiger partial charge in [0.25, 0.3) is 0 Å². The van der Waals surface area contributed by atoms with Crippen molar-refractivity contribution in [3.05, 3.63) is 84.9 Å². The van der Waals surface area contributed by atoms with Crippen LogP contribution in [-0.2, 0) is 0 Å². The molecule has 2 heterocycles. The molecule has 0 saturated heterocycles. The highest BCUT2D eigenvalue weighted by Gasteiger charge is 2.08. The minimum absolute atomic E-state index is 0.906. The molecule has 0 bridgehead atoms. The average Bonchev–Trinajstić information content (AvgIpc) is 3.25. The summed E-state index contributed by atoms with van der Waals surface area (Å²) in [6, 6.07) is 29.6. The number of furan rings is 1. The van der Waals surface area contributed by atoms with E-state index in [1.807, 2.05) is 29.5 Å². The van der Waals surface area contributed by atoms with Crippen LogP contribution in [0.1, 0.15) is 0 Å². The lowest BCUT2D eigenvalue weighted by Crippen LogP contribution is -1.89. The Morgan fingerprint density at radius 3 is 2.22 bits per heavy atom. The summed E-state index contributed by atoms with van der Waals surface area (Å²) in [5, 5.41) is 8.45. The lowest BCUT2D eigenvalue weighted by Gasteiger charge is -2.06. The summed E-state index contributed by atoms with van der Waals surface area (Å²) in [6.07, 6.45) is 0. The fourth-order valence-corrected chi connectivity index (χ4v) is 4.86. The highest BCUT2D eigenvalue weighted by molar-refractivity contribution is 7.25. The third-order valence-electron chi connectivity index (χ3n) is 5.04. The Morgan fingerprint density at radius 2 is 1.26 bits per heavy atom. The van der Waals surface area contributed by atoms with E-state index in [1.165, 1.54) is 20.2 Å². The van der Waals surface area contributed by atoms with E-state index in [0.29, 0.717) is 0 Å². The van der Waals surface area contributed by atoms with E-state index in [4.69, 9.17) is 4.42 Å². The van der Waals surface area contributed by atoms with Gasteiger partial charge in [0, 0.05) is 48.4 Å². The van der Waals surface area contributed by atoms with Gasteiger partial charge in [-0.1, -0.05) is 36.4 Å². The molecule has 6 rings (SSSR count). The van der Waals surface area contributed by atoms with Crippen molar-refractivity contribution in [2.45, 2.75) is 0 Å². The number of fused-ring (bicyclic) bond motifs is 6. The molecule has 0 aliphatic rings. The van der Waals surface area contributed by atoms with Crippen LogP contribution in [-0.4, -0.2) is 0 Å². The molecule has 2 aromatic heterocycles. The van der Waals surface area contributed by atoms with Gasteiger partial charge in [-0.3, -0.25) is 0 Å². The van der Waals surface area contributed by atoms with Crippen LogP contribution in [0.5, 0.6) is 0 Å². The summed E-state index contributed by atoms with van der Waals surface area (Å²) < 4.78 is 8.65. The van der Waals surface area contributed by atoms with E-state index < -0.39 is 0 Å². The Labute approximate surface area is 159 Å². The van der Waals surface area contributed by atoms with Crippen molar-refractivity contribution in [2.24, 2.45) is 0 Å². The fraction of sp³-hybridized carbons (Fsp3) is 0. The lowest BCUT2D eigenvalue weighted by molar-refractivity contribution is 0.669. The first-order valence-corrected chi connectivity index (χ1v) is 9.76. The fourth-order valence-electron chi connectivity index (χ4n) is 3.77. The topological polar surface area (TPSA) is 25.2 Å². The summed E-state index contributed by atoms with van der Waals surface area (Å²) >= 11 is 1.84. The highest BCUT2D eigenvalue weighted by Crippen LogP contribution is 2.36. The van der Waals surface area contributed by atoms with E-state index >= 15 is 0 Å². The number of hydrogen-bond donors (Lipinski definition) is 1. The molecule has 128 valence electrons. The molecule has 0 unspecified atom stereocenters.